The maximum atomic E-state index is 10.9. The fourth-order valence-electron chi connectivity index (χ4n) is 1.34. The minimum Gasteiger partial charge on any atom is -0.461 e. The van der Waals surface area contributed by atoms with Gasteiger partial charge in [0, 0.05) is 8.54 Å². The van der Waals surface area contributed by atoms with Gasteiger partial charge in [-0.2, -0.15) is 0 Å². The van der Waals surface area contributed by atoms with Gasteiger partial charge in [-0.15, -0.1) is 0 Å². The van der Waals surface area contributed by atoms with Crippen molar-refractivity contribution in [2.75, 3.05) is 13.7 Å². The van der Waals surface area contributed by atoms with Crippen molar-refractivity contribution in [3.8, 4) is 0 Å². The molecule has 0 radical (unpaired) electrons. The van der Waals surface area contributed by atoms with Gasteiger partial charge in [0.2, 0.25) is 0 Å². The van der Waals surface area contributed by atoms with Crippen LogP contribution in [-0.4, -0.2) is 25.8 Å². The van der Waals surface area contributed by atoms with Crippen molar-refractivity contribution in [2.24, 2.45) is 0 Å². The van der Waals surface area contributed by atoms with Crippen molar-refractivity contribution >= 4 is 5.97 Å². The quantitative estimate of drug-likeness (QED) is 0.585. The summed E-state index contributed by atoms with van der Waals surface area (Å²) in [4.78, 5) is 10.9. The first-order valence-electron chi connectivity index (χ1n) is 4.01. The summed E-state index contributed by atoms with van der Waals surface area (Å²) in [5, 5.41) is 0. The van der Waals surface area contributed by atoms with E-state index in [1.165, 1.54) is 20.0 Å². The molecular formula is C8H16O3. The zero-order valence-corrected chi connectivity index (χ0v) is 6.84. The van der Waals surface area contributed by atoms with Gasteiger partial charge in [0.1, 0.15) is 12.7 Å². The number of carbonyl (C=O) groups excluding carboxylic acids is 1. The summed E-state index contributed by atoms with van der Waals surface area (Å²) in [5.74, 6) is -0.237. The molecule has 3 heteroatoms. The van der Waals surface area contributed by atoms with Gasteiger partial charge >= 0.3 is 5.97 Å². The molecule has 1 rings (SSSR count). The number of carbonyl (C=O) groups is 1. The monoisotopic (exact) mass is 160 g/mol. The van der Waals surface area contributed by atoms with Crippen LogP contribution in [0, 0.1) is 0 Å². The Bertz CT molecular complexity index is 132. The van der Waals surface area contributed by atoms with Crippen LogP contribution in [-0.2, 0) is 14.3 Å². The zero-order chi connectivity index (χ0) is 8.10. The largest absolute Gasteiger partial charge is 0.461 e. The van der Waals surface area contributed by atoms with Gasteiger partial charge < -0.3 is 9.47 Å². The van der Waals surface area contributed by atoms with Crippen molar-refractivity contribution in [1.82, 2.24) is 0 Å². The highest BCUT2D eigenvalue weighted by Gasteiger charge is 2.18. The first kappa shape index (κ1) is 8.53. The van der Waals surface area contributed by atoms with Crippen molar-refractivity contribution < 1.29 is 15.7 Å². The van der Waals surface area contributed by atoms with Crippen molar-refractivity contribution in [3.05, 3.63) is 0 Å². The number of esters is 1. The van der Waals surface area contributed by atoms with Crippen molar-refractivity contribution in [3.63, 3.8) is 0 Å². The normalized spacial score (nSPS) is 18.6. The van der Waals surface area contributed by atoms with E-state index < -0.39 is 0 Å². The predicted octanol–water partition coefficient (Wildman–Crippen LogP) is 1.36. The topological polar surface area (TPSA) is 35.5 Å². The SMILES string of the molecule is COCC(=O)OC1CCCC1.[HH]. The van der Waals surface area contributed by atoms with Crippen molar-refractivity contribution in [1.29, 1.82) is 0 Å². The molecular weight excluding hydrogens is 144 g/mol. The third-order valence-corrected chi connectivity index (χ3v) is 1.86. The number of rotatable bonds is 3. The summed E-state index contributed by atoms with van der Waals surface area (Å²) in [6.07, 6.45) is 4.58. The summed E-state index contributed by atoms with van der Waals surface area (Å²) < 4.78 is 9.73. The maximum Gasteiger partial charge on any atom is 0.332 e. The summed E-state index contributed by atoms with van der Waals surface area (Å²) in [5.41, 5.74) is 0. The van der Waals surface area contributed by atoms with Gasteiger partial charge in [0.25, 0.3) is 0 Å². The molecule has 0 aromatic rings. The summed E-state index contributed by atoms with van der Waals surface area (Å²) in [6, 6.07) is 0. The molecule has 0 atom stereocenters. The molecule has 0 aliphatic heterocycles. The third-order valence-electron chi connectivity index (χ3n) is 1.86. The number of methoxy groups -OCH3 is 1. The molecule has 3 nitrogen and oxygen atoms in total. The second-order valence-electron chi connectivity index (χ2n) is 2.83. The molecule has 1 fully saturated rings. The molecule has 0 N–H and O–H groups in total. The van der Waals surface area contributed by atoms with E-state index in [1.54, 1.807) is 0 Å². The Morgan fingerprint density at radius 2 is 2.18 bits per heavy atom. The van der Waals surface area contributed by atoms with Crippen LogP contribution in [0.15, 0.2) is 0 Å². The van der Waals surface area contributed by atoms with Crippen LogP contribution in [0.4, 0.5) is 0 Å². The van der Waals surface area contributed by atoms with Crippen LogP contribution in [0.25, 0.3) is 0 Å². The molecule has 1 aliphatic rings. The lowest BCUT2D eigenvalue weighted by Crippen LogP contribution is -2.18. The second kappa shape index (κ2) is 4.34. The highest BCUT2D eigenvalue weighted by Crippen LogP contribution is 2.20. The van der Waals surface area contributed by atoms with E-state index in [9.17, 15) is 4.79 Å². The Labute approximate surface area is 68.2 Å². The Kier molecular flexibility index (Phi) is 3.36. The van der Waals surface area contributed by atoms with E-state index >= 15 is 0 Å². The fourth-order valence-corrected chi connectivity index (χ4v) is 1.34. The van der Waals surface area contributed by atoms with Gasteiger partial charge in [-0.05, 0) is 25.7 Å². The molecule has 0 heterocycles. The molecule has 0 spiro atoms. The van der Waals surface area contributed by atoms with E-state index in [0.29, 0.717) is 0 Å². The van der Waals surface area contributed by atoms with Gasteiger partial charge in [0.15, 0.2) is 0 Å². The molecule has 0 saturated heterocycles. The smallest absolute Gasteiger partial charge is 0.332 e. The summed E-state index contributed by atoms with van der Waals surface area (Å²) in [6.45, 7) is 0.0799. The molecule has 0 aromatic carbocycles. The van der Waals surface area contributed by atoms with Gasteiger partial charge in [-0.3, -0.25) is 0 Å². The first-order chi connectivity index (χ1) is 5.33. The Morgan fingerprint density at radius 1 is 1.55 bits per heavy atom. The lowest BCUT2D eigenvalue weighted by Gasteiger charge is -2.09. The van der Waals surface area contributed by atoms with Crippen LogP contribution in [0.3, 0.4) is 0 Å². The summed E-state index contributed by atoms with van der Waals surface area (Å²) in [7, 11) is 1.50. The predicted molar refractivity (Wildman–Crippen MR) is 42.3 cm³/mol. The molecule has 0 amide bonds. The standard InChI is InChI=1S/C8H14O3.H2/c1-10-6-8(9)11-7-4-2-3-5-7;/h7H,2-6H2,1H3;1H. The Morgan fingerprint density at radius 3 is 2.73 bits per heavy atom. The van der Waals surface area contributed by atoms with E-state index in [-0.39, 0.29) is 20.1 Å². The molecule has 0 aromatic heterocycles. The van der Waals surface area contributed by atoms with Crippen LogP contribution >= 0.6 is 0 Å². The summed E-state index contributed by atoms with van der Waals surface area (Å²) >= 11 is 0. The van der Waals surface area contributed by atoms with Crippen LogP contribution in [0.1, 0.15) is 27.1 Å². The van der Waals surface area contributed by atoms with Crippen LogP contribution in [0.2, 0.25) is 0 Å². The second-order valence-corrected chi connectivity index (χ2v) is 2.83. The van der Waals surface area contributed by atoms with E-state index in [4.69, 9.17) is 4.74 Å². The lowest BCUT2D eigenvalue weighted by atomic mass is 10.3. The third kappa shape index (κ3) is 2.89. The zero-order valence-electron chi connectivity index (χ0n) is 6.84. The number of hydrogen-bond donors (Lipinski definition) is 0. The Hall–Kier alpha value is -0.570. The minimum atomic E-state index is -0.237. The van der Waals surface area contributed by atoms with Crippen LogP contribution < -0.4 is 0 Å². The van der Waals surface area contributed by atoms with Gasteiger partial charge in [-0.1, -0.05) is 0 Å². The molecule has 1 saturated carbocycles. The highest BCUT2D eigenvalue weighted by atomic mass is 16.6. The lowest BCUT2D eigenvalue weighted by molar-refractivity contribution is -0.153. The fraction of sp³-hybridized carbons (Fsp3) is 0.875. The van der Waals surface area contributed by atoms with Crippen molar-refractivity contribution in [2.45, 2.75) is 31.8 Å². The molecule has 11 heavy (non-hydrogen) atoms. The number of hydrogen-bond acceptors (Lipinski definition) is 3. The molecule has 0 unspecified atom stereocenters. The number of ether oxygens (including phenoxy) is 2. The maximum absolute atomic E-state index is 10.9. The first-order valence-corrected chi connectivity index (χ1v) is 4.01. The Balaban J connectivity index is 0.00000121. The average Bonchev–Trinajstić information content (AvgIpc) is 2.40. The average molecular weight is 160 g/mol. The molecule has 0 bridgehead atoms. The highest BCUT2D eigenvalue weighted by molar-refractivity contribution is 5.70. The van der Waals surface area contributed by atoms with E-state index in [2.05, 4.69) is 4.74 Å². The molecule has 66 valence electrons. The van der Waals surface area contributed by atoms with E-state index in [1.807, 2.05) is 0 Å². The van der Waals surface area contributed by atoms with E-state index in [0.717, 1.165) is 12.8 Å². The van der Waals surface area contributed by atoms with Gasteiger partial charge in [0.05, 0.1) is 0 Å². The van der Waals surface area contributed by atoms with Gasteiger partial charge in [-0.25, -0.2) is 4.79 Å². The van der Waals surface area contributed by atoms with Crippen LogP contribution in [0.5, 0.6) is 0 Å². The minimum absolute atomic E-state index is 0. The molecule has 1 aliphatic carbocycles.